The average Bonchev–Trinajstić information content (AvgIpc) is 2.97. The molecule has 0 bridgehead atoms. The van der Waals surface area contributed by atoms with Gasteiger partial charge in [-0.3, -0.25) is 4.79 Å². The van der Waals surface area contributed by atoms with Crippen LogP contribution in [0, 0.1) is 5.41 Å². The third-order valence-corrected chi connectivity index (χ3v) is 5.79. The molecule has 1 aromatic rings. The number of urea groups is 1. The maximum atomic E-state index is 12.2. The molecule has 2 N–H and O–H groups in total. The number of hydrogen-bond acceptors (Lipinski definition) is 3. The number of carboxylic acid groups (broad SMARTS) is 1. The Morgan fingerprint density at radius 2 is 2.33 bits per heavy atom. The van der Waals surface area contributed by atoms with Crippen LogP contribution in [-0.2, 0) is 11.3 Å². The zero-order chi connectivity index (χ0) is 15.6. The lowest BCUT2D eigenvalue weighted by atomic mass is 9.85. The van der Waals surface area contributed by atoms with Crippen LogP contribution in [0.5, 0.6) is 0 Å². The first kappa shape index (κ1) is 16.3. The van der Waals surface area contributed by atoms with Gasteiger partial charge >= 0.3 is 12.0 Å². The van der Waals surface area contributed by atoms with Crippen LogP contribution in [0.25, 0.3) is 0 Å². The Bertz CT molecular complexity index is 548. The van der Waals surface area contributed by atoms with Crippen molar-refractivity contribution in [2.24, 2.45) is 5.41 Å². The fourth-order valence-electron chi connectivity index (χ4n) is 2.66. The number of aliphatic carboxylic acids is 1. The monoisotopic (exact) mass is 374 g/mol. The van der Waals surface area contributed by atoms with E-state index in [1.165, 1.54) is 0 Å². The van der Waals surface area contributed by atoms with Crippen LogP contribution < -0.4 is 5.32 Å². The molecule has 2 amide bonds. The summed E-state index contributed by atoms with van der Waals surface area (Å²) in [7, 11) is 1.72. The van der Waals surface area contributed by atoms with Gasteiger partial charge in [-0.1, -0.05) is 6.42 Å². The van der Waals surface area contributed by atoms with Crippen LogP contribution in [0.3, 0.4) is 0 Å². The van der Waals surface area contributed by atoms with Crippen molar-refractivity contribution in [1.82, 2.24) is 10.2 Å². The third-order valence-electron chi connectivity index (χ3n) is 4.11. The standard InChI is InChI=1S/C14H19BrN2O3S/c1-14(12(18)19)5-3-4-11(14)16-13(20)17(2)7-10-6-9(15)8-21-10/h6,8,11H,3-5,7H2,1-2H3,(H,16,20)(H,18,19). The summed E-state index contributed by atoms with van der Waals surface area (Å²) in [5.41, 5.74) is -0.859. The minimum Gasteiger partial charge on any atom is -0.481 e. The fraction of sp³-hybridized carbons (Fsp3) is 0.571. The second-order valence-electron chi connectivity index (χ2n) is 5.70. The van der Waals surface area contributed by atoms with E-state index in [1.54, 1.807) is 30.2 Å². The number of carbonyl (C=O) groups is 2. The maximum Gasteiger partial charge on any atom is 0.317 e. The molecule has 0 radical (unpaired) electrons. The fourth-order valence-corrected chi connectivity index (χ4v) is 4.16. The van der Waals surface area contributed by atoms with Crippen molar-refractivity contribution in [2.75, 3.05) is 7.05 Å². The first-order chi connectivity index (χ1) is 9.83. The Labute approximate surface area is 136 Å². The molecular weight excluding hydrogens is 356 g/mol. The van der Waals surface area contributed by atoms with E-state index in [2.05, 4.69) is 21.2 Å². The van der Waals surface area contributed by atoms with Crippen molar-refractivity contribution < 1.29 is 14.7 Å². The van der Waals surface area contributed by atoms with Gasteiger partial charge in [-0.05, 0) is 41.8 Å². The highest BCUT2D eigenvalue weighted by atomic mass is 79.9. The average molecular weight is 375 g/mol. The van der Waals surface area contributed by atoms with Crippen molar-refractivity contribution >= 4 is 39.3 Å². The number of nitrogens with one attached hydrogen (secondary N) is 1. The number of halogens is 1. The summed E-state index contributed by atoms with van der Waals surface area (Å²) in [6.07, 6.45) is 2.15. The van der Waals surface area contributed by atoms with Gasteiger partial charge in [-0.25, -0.2) is 4.79 Å². The summed E-state index contributed by atoms with van der Waals surface area (Å²) < 4.78 is 1.01. The highest BCUT2D eigenvalue weighted by Crippen LogP contribution is 2.38. The molecule has 1 fully saturated rings. The van der Waals surface area contributed by atoms with Gasteiger partial charge in [-0.15, -0.1) is 11.3 Å². The van der Waals surface area contributed by atoms with Gasteiger partial charge in [0.15, 0.2) is 0 Å². The molecule has 0 saturated heterocycles. The lowest BCUT2D eigenvalue weighted by Crippen LogP contribution is -2.50. The number of amides is 2. The smallest absolute Gasteiger partial charge is 0.317 e. The predicted molar refractivity (Wildman–Crippen MR) is 85.4 cm³/mol. The number of rotatable bonds is 4. The van der Waals surface area contributed by atoms with Gasteiger partial charge in [0, 0.05) is 27.8 Å². The van der Waals surface area contributed by atoms with Crippen molar-refractivity contribution in [2.45, 2.75) is 38.8 Å². The summed E-state index contributed by atoms with van der Waals surface area (Å²) in [5, 5.41) is 14.2. The van der Waals surface area contributed by atoms with Crippen LogP contribution in [0.15, 0.2) is 15.9 Å². The highest BCUT2D eigenvalue weighted by molar-refractivity contribution is 9.10. The number of hydrogen-bond donors (Lipinski definition) is 2. The molecule has 2 rings (SSSR count). The Hall–Kier alpha value is -1.08. The Balaban J connectivity index is 1.96. The van der Waals surface area contributed by atoms with Crippen LogP contribution in [0.1, 0.15) is 31.1 Å². The Morgan fingerprint density at radius 1 is 1.62 bits per heavy atom. The lowest BCUT2D eigenvalue weighted by Gasteiger charge is -2.29. The topological polar surface area (TPSA) is 69.6 Å². The molecule has 1 saturated carbocycles. The lowest BCUT2D eigenvalue weighted by molar-refractivity contribution is -0.148. The first-order valence-corrected chi connectivity index (χ1v) is 8.48. The summed E-state index contributed by atoms with van der Waals surface area (Å²) in [6, 6.07) is 1.45. The Kier molecular flexibility index (Phi) is 4.93. The van der Waals surface area contributed by atoms with E-state index in [0.717, 1.165) is 15.8 Å². The highest BCUT2D eigenvalue weighted by Gasteiger charge is 2.46. The molecule has 0 aliphatic heterocycles. The summed E-state index contributed by atoms with van der Waals surface area (Å²) in [5.74, 6) is -0.838. The molecule has 5 nitrogen and oxygen atoms in total. The second kappa shape index (κ2) is 6.36. The Morgan fingerprint density at radius 3 is 2.90 bits per heavy atom. The number of carboxylic acids is 1. The molecule has 0 spiro atoms. The molecule has 1 aromatic heterocycles. The largest absolute Gasteiger partial charge is 0.481 e. The van der Waals surface area contributed by atoms with Crippen molar-refractivity contribution in [3.8, 4) is 0 Å². The molecule has 0 aromatic carbocycles. The number of nitrogens with zero attached hydrogens (tertiary/aromatic N) is 1. The minimum atomic E-state index is -0.859. The van der Waals surface area contributed by atoms with E-state index < -0.39 is 11.4 Å². The van der Waals surface area contributed by atoms with Gasteiger partial charge in [0.2, 0.25) is 0 Å². The number of carbonyl (C=O) groups excluding carboxylic acids is 1. The quantitative estimate of drug-likeness (QED) is 0.849. The maximum absolute atomic E-state index is 12.2. The van der Waals surface area contributed by atoms with E-state index in [0.29, 0.717) is 19.4 Å². The number of thiophene rings is 1. The van der Waals surface area contributed by atoms with Gasteiger partial charge in [0.25, 0.3) is 0 Å². The minimum absolute atomic E-state index is 0.223. The van der Waals surface area contributed by atoms with Crippen LogP contribution in [0.2, 0.25) is 0 Å². The van der Waals surface area contributed by atoms with Gasteiger partial charge < -0.3 is 15.3 Å². The summed E-state index contributed by atoms with van der Waals surface area (Å²) in [6.45, 7) is 2.22. The van der Waals surface area contributed by atoms with Crippen molar-refractivity contribution in [3.05, 3.63) is 20.8 Å². The van der Waals surface area contributed by atoms with Crippen LogP contribution >= 0.6 is 27.3 Å². The van der Waals surface area contributed by atoms with E-state index in [4.69, 9.17) is 0 Å². The molecule has 2 unspecified atom stereocenters. The molecule has 1 heterocycles. The zero-order valence-electron chi connectivity index (χ0n) is 12.1. The first-order valence-electron chi connectivity index (χ1n) is 6.81. The second-order valence-corrected chi connectivity index (χ2v) is 7.62. The molecular formula is C14H19BrN2O3S. The van der Waals surface area contributed by atoms with E-state index >= 15 is 0 Å². The normalized spacial score (nSPS) is 24.8. The molecule has 2 atom stereocenters. The summed E-state index contributed by atoms with van der Waals surface area (Å²) >= 11 is 4.97. The predicted octanol–water partition coefficient (Wildman–Crippen LogP) is 3.30. The van der Waals surface area contributed by atoms with Gasteiger partial charge in [-0.2, -0.15) is 0 Å². The van der Waals surface area contributed by atoms with Crippen LogP contribution in [0.4, 0.5) is 4.79 Å². The zero-order valence-corrected chi connectivity index (χ0v) is 14.5. The molecule has 21 heavy (non-hydrogen) atoms. The van der Waals surface area contributed by atoms with E-state index in [1.807, 2.05) is 11.4 Å². The van der Waals surface area contributed by atoms with Crippen LogP contribution in [-0.4, -0.2) is 35.1 Å². The van der Waals surface area contributed by atoms with Gasteiger partial charge in [0.05, 0.1) is 12.0 Å². The molecule has 1 aliphatic carbocycles. The SMILES string of the molecule is CN(Cc1cc(Br)cs1)C(=O)NC1CCCC1(C)C(=O)O. The van der Waals surface area contributed by atoms with E-state index in [9.17, 15) is 14.7 Å². The van der Waals surface area contributed by atoms with Crippen molar-refractivity contribution in [3.63, 3.8) is 0 Å². The molecule has 7 heteroatoms. The van der Waals surface area contributed by atoms with Gasteiger partial charge in [0.1, 0.15) is 0 Å². The molecule has 1 aliphatic rings. The molecule has 116 valence electrons. The van der Waals surface area contributed by atoms with E-state index in [-0.39, 0.29) is 12.1 Å². The summed E-state index contributed by atoms with van der Waals surface area (Å²) in [4.78, 5) is 26.3. The third kappa shape index (κ3) is 3.58. The van der Waals surface area contributed by atoms with Crippen molar-refractivity contribution in [1.29, 1.82) is 0 Å².